The third kappa shape index (κ3) is 4.28. The number of anilines is 2. The summed E-state index contributed by atoms with van der Waals surface area (Å²) in [5, 5.41) is 5.47. The Morgan fingerprint density at radius 1 is 1.13 bits per heavy atom. The number of benzene rings is 2. The van der Waals surface area contributed by atoms with Crippen LogP contribution in [-0.2, 0) is 19.9 Å². The molecule has 0 unspecified atom stereocenters. The predicted octanol–water partition coefficient (Wildman–Crippen LogP) is 2.69. The van der Waals surface area contributed by atoms with Crippen LogP contribution in [0.5, 0.6) is 0 Å². The van der Waals surface area contributed by atoms with Crippen LogP contribution in [0.3, 0.4) is 0 Å². The molecule has 4 amide bonds. The van der Waals surface area contributed by atoms with Crippen molar-refractivity contribution in [2.24, 2.45) is 0 Å². The van der Waals surface area contributed by atoms with E-state index in [9.17, 15) is 14.4 Å². The van der Waals surface area contributed by atoms with Crippen molar-refractivity contribution >= 4 is 45.2 Å². The lowest BCUT2D eigenvalue weighted by Gasteiger charge is -2.28. The molecular formula is C22H23BrN4O4. The first kappa shape index (κ1) is 21.3. The summed E-state index contributed by atoms with van der Waals surface area (Å²) in [6, 6.07) is 14.1. The number of hydrogen-bond donors (Lipinski definition) is 2. The van der Waals surface area contributed by atoms with Gasteiger partial charge in [-0.15, -0.1) is 0 Å². The largest absolute Gasteiger partial charge is 0.378 e. The molecule has 2 heterocycles. The van der Waals surface area contributed by atoms with Gasteiger partial charge in [0, 0.05) is 34.5 Å². The lowest BCUT2D eigenvalue weighted by molar-refractivity contribution is -0.133. The molecule has 2 aliphatic rings. The van der Waals surface area contributed by atoms with E-state index in [4.69, 9.17) is 4.74 Å². The lowest BCUT2D eigenvalue weighted by atomic mass is 9.92. The van der Waals surface area contributed by atoms with Gasteiger partial charge in [0.2, 0.25) is 5.91 Å². The number of nitrogens with one attached hydrogen (secondary N) is 2. The van der Waals surface area contributed by atoms with E-state index in [-0.39, 0.29) is 6.54 Å². The number of morpholine rings is 1. The number of hydrogen-bond acceptors (Lipinski definition) is 5. The first-order chi connectivity index (χ1) is 14.9. The molecule has 2 aromatic carbocycles. The normalized spacial score (nSPS) is 21.2. The van der Waals surface area contributed by atoms with Gasteiger partial charge in [0.05, 0.1) is 13.2 Å². The zero-order valence-electron chi connectivity index (χ0n) is 17.1. The first-order valence-corrected chi connectivity index (χ1v) is 10.8. The van der Waals surface area contributed by atoms with Gasteiger partial charge >= 0.3 is 6.03 Å². The fraction of sp³-hybridized carbons (Fsp3) is 0.318. The number of nitrogens with zero attached hydrogens (tertiary/aromatic N) is 2. The summed E-state index contributed by atoms with van der Waals surface area (Å²) in [5.74, 6) is -0.916. The molecule has 0 radical (unpaired) electrons. The second-order valence-electron chi connectivity index (χ2n) is 7.62. The molecule has 2 N–H and O–H groups in total. The highest BCUT2D eigenvalue weighted by Gasteiger charge is 2.50. The van der Waals surface area contributed by atoms with Crippen molar-refractivity contribution in [3.8, 4) is 0 Å². The van der Waals surface area contributed by atoms with Gasteiger partial charge in [-0.25, -0.2) is 4.79 Å². The zero-order chi connectivity index (χ0) is 22.0. The Balaban J connectivity index is 1.41. The smallest absolute Gasteiger partial charge is 0.325 e. The van der Waals surface area contributed by atoms with Crippen LogP contribution in [-0.4, -0.2) is 55.6 Å². The van der Waals surface area contributed by atoms with Gasteiger partial charge in [0.1, 0.15) is 12.1 Å². The molecule has 0 aliphatic carbocycles. The van der Waals surface area contributed by atoms with Crippen LogP contribution in [0.15, 0.2) is 53.0 Å². The molecule has 2 saturated heterocycles. The van der Waals surface area contributed by atoms with E-state index >= 15 is 0 Å². The topological polar surface area (TPSA) is 91.0 Å². The quantitative estimate of drug-likeness (QED) is 0.634. The number of ether oxygens (including phenoxy) is 1. The molecule has 2 aromatic rings. The summed E-state index contributed by atoms with van der Waals surface area (Å²) >= 11 is 3.43. The summed E-state index contributed by atoms with van der Waals surface area (Å²) < 4.78 is 6.07. The van der Waals surface area contributed by atoms with Crippen molar-refractivity contribution in [3.63, 3.8) is 0 Å². The van der Waals surface area contributed by atoms with Crippen molar-refractivity contribution in [1.82, 2.24) is 10.2 Å². The van der Waals surface area contributed by atoms with Crippen molar-refractivity contribution < 1.29 is 19.1 Å². The van der Waals surface area contributed by atoms with E-state index in [0.29, 0.717) is 28.9 Å². The van der Waals surface area contributed by atoms with E-state index in [0.717, 1.165) is 23.7 Å². The molecule has 0 aromatic heterocycles. The molecule has 4 rings (SSSR count). The minimum absolute atomic E-state index is 0.365. The van der Waals surface area contributed by atoms with Crippen molar-refractivity contribution in [2.45, 2.75) is 12.5 Å². The van der Waals surface area contributed by atoms with Crippen LogP contribution in [0.25, 0.3) is 0 Å². The van der Waals surface area contributed by atoms with Crippen molar-refractivity contribution in [3.05, 3.63) is 58.6 Å². The highest BCUT2D eigenvalue weighted by Crippen LogP contribution is 2.33. The molecule has 0 bridgehead atoms. The first-order valence-electron chi connectivity index (χ1n) is 10.0. The molecule has 2 aliphatic heterocycles. The van der Waals surface area contributed by atoms with Crippen LogP contribution in [0, 0.1) is 0 Å². The van der Waals surface area contributed by atoms with Crippen LogP contribution < -0.4 is 15.5 Å². The number of rotatable bonds is 5. The lowest BCUT2D eigenvalue weighted by Crippen LogP contribution is -2.42. The third-order valence-corrected chi connectivity index (χ3v) is 6.21. The van der Waals surface area contributed by atoms with Crippen molar-refractivity contribution in [2.75, 3.05) is 43.1 Å². The second kappa shape index (κ2) is 8.68. The Hall–Kier alpha value is -2.91. The number of urea groups is 1. The number of imide groups is 1. The molecule has 2 fully saturated rings. The maximum atomic E-state index is 13.0. The summed E-state index contributed by atoms with van der Waals surface area (Å²) in [4.78, 5) is 41.2. The maximum absolute atomic E-state index is 13.0. The van der Waals surface area contributed by atoms with E-state index in [1.54, 1.807) is 37.3 Å². The highest BCUT2D eigenvalue weighted by atomic mass is 79.9. The Labute approximate surface area is 188 Å². The molecule has 1 atom stereocenters. The Kier molecular flexibility index (Phi) is 5.97. The Morgan fingerprint density at radius 3 is 2.48 bits per heavy atom. The zero-order valence-corrected chi connectivity index (χ0v) is 18.6. The van der Waals surface area contributed by atoms with Gasteiger partial charge in [-0.2, -0.15) is 0 Å². The number of carbonyl (C=O) groups is 3. The predicted molar refractivity (Wildman–Crippen MR) is 120 cm³/mol. The highest BCUT2D eigenvalue weighted by molar-refractivity contribution is 9.10. The summed E-state index contributed by atoms with van der Waals surface area (Å²) in [5.41, 5.74) is 1.05. The monoisotopic (exact) mass is 486 g/mol. The molecule has 0 saturated carbocycles. The Morgan fingerprint density at radius 2 is 1.81 bits per heavy atom. The standard InChI is InChI=1S/C22H23BrN4O4/c1-22(17-4-2-3-5-18(17)23)20(29)27(21(30)25-22)14-19(28)24-15-6-8-16(9-7-15)26-10-12-31-13-11-26/h2-9H,10-14H2,1H3,(H,24,28)(H,25,30)/t22-/m1/s1. The van der Waals surface area contributed by atoms with E-state index in [1.807, 2.05) is 18.2 Å². The number of halogens is 1. The van der Waals surface area contributed by atoms with Crippen LogP contribution in [0.1, 0.15) is 12.5 Å². The summed E-state index contributed by atoms with van der Waals surface area (Å²) in [7, 11) is 0. The molecule has 31 heavy (non-hydrogen) atoms. The second-order valence-corrected chi connectivity index (χ2v) is 8.48. The fourth-order valence-electron chi connectivity index (χ4n) is 3.81. The maximum Gasteiger partial charge on any atom is 0.325 e. The molecule has 9 heteroatoms. The molecular weight excluding hydrogens is 464 g/mol. The molecule has 8 nitrogen and oxygen atoms in total. The minimum atomic E-state index is -1.24. The molecule has 162 valence electrons. The van der Waals surface area contributed by atoms with Gasteiger partial charge in [-0.05, 0) is 37.3 Å². The van der Waals surface area contributed by atoms with Gasteiger partial charge < -0.3 is 20.3 Å². The minimum Gasteiger partial charge on any atom is -0.378 e. The van der Waals surface area contributed by atoms with Gasteiger partial charge in [0.15, 0.2) is 0 Å². The Bertz CT molecular complexity index is 1010. The molecule has 0 spiro atoms. The number of amides is 4. The van der Waals surface area contributed by atoms with Crippen LogP contribution in [0.4, 0.5) is 16.2 Å². The van der Waals surface area contributed by atoms with Gasteiger partial charge in [0.25, 0.3) is 5.91 Å². The van der Waals surface area contributed by atoms with Gasteiger partial charge in [-0.3, -0.25) is 14.5 Å². The van der Waals surface area contributed by atoms with Crippen LogP contribution in [0.2, 0.25) is 0 Å². The summed E-state index contributed by atoms with van der Waals surface area (Å²) in [6.45, 7) is 4.32. The van der Waals surface area contributed by atoms with Crippen molar-refractivity contribution in [1.29, 1.82) is 0 Å². The fourth-order valence-corrected chi connectivity index (χ4v) is 4.49. The average Bonchev–Trinajstić information content (AvgIpc) is 2.99. The summed E-state index contributed by atoms with van der Waals surface area (Å²) in [6.07, 6.45) is 0. The van der Waals surface area contributed by atoms with Gasteiger partial charge in [-0.1, -0.05) is 34.1 Å². The van der Waals surface area contributed by atoms with Crippen LogP contribution >= 0.6 is 15.9 Å². The number of carbonyl (C=O) groups excluding carboxylic acids is 3. The average molecular weight is 487 g/mol. The SMILES string of the molecule is C[C@]1(c2ccccc2Br)NC(=O)N(CC(=O)Nc2ccc(N3CCOCC3)cc2)C1=O. The third-order valence-electron chi connectivity index (χ3n) is 5.52. The van der Waals surface area contributed by atoms with E-state index in [2.05, 4.69) is 31.5 Å². The van der Waals surface area contributed by atoms with E-state index < -0.39 is 23.4 Å². The van der Waals surface area contributed by atoms with E-state index in [1.165, 1.54) is 0 Å².